The molecule has 2 saturated carbocycles. The summed E-state index contributed by atoms with van der Waals surface area (Å²) in [5.41, 5.74) is 8.68. The number of hydrogen-bond donors (Lipinski definition) is 3. The highest BCUT2D eigenvalue weighted by atomic mass is 35.5. The summed E-state index contributed by atoms with van der Waals surface area (Å²) in [6.45, 7) is 12.4. The summed E-state index contributed by atoms with van der Waals surface area (Å²) in [7, 11) is 1.84. The van der Waals surface area contributed by atoms with E-state index in [2.05, 4.69) is 67.6 Å². The zero-order valence-corrected chi connectivity index (χ0v) is 30.8. The average molecular weight is 717 g/mol. The number of amides is 2. The van der Waals surface area contributed by atoms with Gasteiger partial charge in [-0.15, -0.1) is 0 Å². The molecule has 50 heavy (non-hydrogen) atoms. The summed E-state index contributed by atoms with van der Waals surface area (Å²) in [6.07, 6.45) is 9.73. The summed E-state index contributed by atoms with van der Waals surface area (Å²) in [6, 6.07) is 4.15. The van der Waals surface area contributed by atoms with Gasteiger partial charge in [-0.25, -0.2) is 34.0 Å². The molecule has 0 radical (unpaired) electrons. The Labute approximate surface area is 298 Å². The van der Waals surface area contributed by atoms with Crippen LogP contribution in [0.15, 0.2) is 46.8 Å². The van der Waals surface area contributed by atoms with Crippen LogP contribution in [0.2, 0.25) is 5.02 Å². The van der Waals surface area contributed by atoms with Gasteiger partial charge >= 0.3 is 0 Å². The van der Waals surface area contributed by atoms with E-state index in [9.17, 15) is 18.4 Å². The van der Waals surface area contributed by atoms with Gasteiger partial charge in [-0.05, 0) is 75.5 Å². The van der Waals surface area contributed by atoms with Crippen LogP contribution in [0.5, 0.6) is 0 Å². The molecule has 2 aliphatic carbocycles. The summed E-state index contributed by atoms with van der Waals surface area (Å²) in [5, 5.41) is 13.7. The number of rotatable bonds is 17. The van der Waals surface area contributed by atoms with Gasteiger partial charge in [0.2, 0.25) is 12.3 Å². The summed E-state index contributed by atoms with van der Waals surface area (Å²) in [5.74, 6) is -0.907. The third-order valence-electron chi connectivity index (χ3n) is 9.15. The Morgan fingerprint density at radius 3 is 2.46 bits per heavy atom. The van der Waals surface area contributed by atoms with Crippen molar-refractivity contribution in [3.05, 3.63) is 53.1 Å². The van der Waals surface area contributed by atoms with Crippen molar-refractivity contribution in [2.24, 2.45) is 32.6 Å². The van der Waals surface area contributed by atoms with Gasteiger partial charge in [-0.2, -0.15) is 10.2 Å². The van der Waals surface area contributed by atoms with E-state index in [0.29, 0.717) is 24.4 Å². The van der Waals surface area contributed by atoms with Crippen LogP contribution in [0.4, 0.5) is 8.78 Å². The Hall–Kier alpha value is -3.91. The highest BCUT2D eigenvalue weighted by Gasteiger charge is 2.46. The van der Waals surface area contributed by atoms with Crippen LogP contribution in [0.25, 0.3) is 5.69 Å². The lowest BCUT2D eigenvalue weighted by atomic mass is 9.65. The number of carbonyl (C=O) groups excluding carboxylic acids is 2. The van der Waals surface area contributed by atoms with Crippen molar-refractivity contribution < 1.29 is 18.4 Å². The Bertz CT molecular complexity index is 1580. The summed E-state index contributed by atoms with van der Waals surface area (Å²) >= 11 is 6.49. The molecule has 2 aromatic rings. The number of halogens is 3. The Morgan fingerprint density at radius 1 is 1.20 bits per heavy atom. The molecule has 274 valence electrons. The number of allylic oxidation sites excluding steroid dienone is 1. The Kier molecular flexibility index (Phi) is 12.4. The van der Waals surface area contributed by atoms with Gasteiger partial charge in [0.15, 0.2) is 11.8 Å². The topological polar surface area (TPSA) is 146 Å². The minimum absolute atomic E-state index is 0.0204. The van der Waals surface area contributed by atoms with Crippen LogP contribution in [-0.4, -0.2) is 74.4 Å². The lowest BCUT2D eigenvalue weighted by Gasteiger charge is -2.44. The van der Waals surface area contributed by atoms with Gasteiger partial charge in [0.25, 0.3) is 6.43 Å². The molecule has 15 heteroatoms. The zero-order chi connectivity index (χ0) is 36.9. The summed E-state index contributed by atoms with van der Waals surface area (Å²) in [4.78, 5) is 36.0. The number of hydrogen-bond acceptors (Lipinski definition) is 8. The quantitative estimate of drug-likeness (QED) is 0.0603. The number of benzene rings is 1. The number of hydrazone groups is 1. The molecule has 0 saturated heterocycles. The molecular formula is C35H51ClF2N10O2. The maximum atomic E-state index is 13.8. The predicted octanol–water partition coefficient (Wildman–Crippen LogP) is 5.95. The van der Waals surface area contributed by atoms with Gasteiger partial charge in [-0.1, -0.05) is 57.5 Å². The fourth-order valence-corrected chi connectivity index (χ4v) is 6.29. The second-order valence-electron chi connectivity index (χ2n) is 14.7. The molecule has 1 unspecified atom stereocenters. The molecule has 4 N–H and O–H groups in total. The average Bonchev–Trinajstić information content (AvgIpc) is 3.99. The molecule has 2 aliphatic rings. The minimum Gasteiger partial charge on any atom is -0.369 e. The van der Waals surface area contributed by atoms with Crippen molar-refractivity contribution in [2.45, 2.75) is 104 Å². The highest BCUT2D eigenvalue weighted by molar-refractivity contribution is 6.32. The highest BCUT2D eigenvalue weighted by Crippen LogP contribution is 2.44. The zero-order valence-electron chi connectivity index (χ0n) is 30.0. The molecule has 2 amide bonds. The summed E-state index contributed by atoms with van der Waals surface area (Å²) < 4.78 is 28.6. The van der Waals surface area contributed by atoms with Crippen molar-refractivity contribution in [1.29, 1.82) is 0 Å². The molecule has 1 aromatic heterocycles. The van der Waals surface area contributed by atoms with Gasteiger partial charge < -0.3 is 11.1 Å². The maximum Gasteiger partial charge on any atom is 0.297 e. The van der Waals surface area contributed by atoms with Crippen molar-refractivity contribution >= 4 is 36.1 Å². The van der Waals surface area contributed by atoms with Gasteiger partial charge in [0.05, 0.1) is 28.3 Å². The molecule has 4 rings (SSSR count). The number of guanidine groups is 1. The molecule has 2 fully saturated rings. The Balaban J connectivity index is 1.83. The second-order valence-corrected chi connectivity index (χ2v) is 15.1. The minimum atomic E-state index is -2.91. The number of alkyl halides is 2. The number of hydrazine groups is 1. The monoisotopic (exact) mass is 716 g/mol. The predicted molar refractivity (Wildman–Crippen MR) is 192 cm³/mol. The van der Waals surface area contributed by atoms with E-state index in [-0.39, 0.29) is 40.5 Å². The largest absolute Gasteiger partial charge is 0.369 e. The molecule has 0 aliphatic heterocycles. The third-order valence-corrected chi connectivity index (χ3v) is 9.47. The SMILES string of the molecule is CC/C=C\C(C)(/C=N\N(NC)C1CC1)[C@@](C)(CC(C)(C)C)N=C(N)N(C=O)[C@H](CNC(=O)C1CC1)c1ccc(Cl)c(-n2ncnc2C(F)F)c1. The third kappa shape index (κ3) is 9.45. The second kappa shape index (κ2) is 16.0. The first-order chi connectivity index (χ1) is 23.6. The van der Waals surface area contributed by atoms with E-state index in [0.717, 1.165) is 43.1 Å². The first kappa shape index (κ1) is 38.9. The fraction of sp³-hybridized carbons (Fsp3) is 0.600. The number of carbonyl (C=O) groups is 2. The van der Waals surface area contributed by atoms with Crippen LogP contribution in [0.3, 0.4) is 0 Å². The van der Waals surface area contributed by atoms with Crippen LogP contribution < -0.4 is 16.5 Å². The molecule has 0 spiro atoms. The van der Waals surface area contributed by atoms with Crippen molar-refractivity contribution in [3.63, 3.8) is 0 Å². The lowest BCUT2D eigenvalue weighted by molar-refractivity contribution is -0.123. The van der Waals surface area contributed by atoms with Crippen LogP contribution in [0.1, 0.15) is 104 Å². The van der Waals surface area contributed by atoms with E-state index in [1.165, 1.54) is 11.0 Å². The number of nitrogens with two attached hydrogens (primary N) is 1. The molecule has 1 heterocycles. The van der Waals surface area contributed by atoms with Gasteiger partial charge in [0.1, 0.15) is 6.33 Å². The Morgan fingerprint density at radius 2 is 1.90 bits per heavy atom. The van der Waals surface area contributed by atoms with Crippen molar-refractivity contribution in [1.82, 2.24) is 35.5 Å². The maximum absolute atomic E-state index is 13.8. The molecule has 0 bridgehead atoms. The number of aliphatic imine (C=N–C) groups is 1. The van der Waals surface area contributed by atoms with Gasteiger partial charge in [-0.3, -0.25) is 14.5 Å². The first-order valence-corrected chi connectivity index (χ1v) is 17.5. The molecule has 1 aromatic carbocycles. The fourth-order valence-electron chi connectivity index (χ4n) is 6.09. The van der Waals surface area contributed by atoms with E-state index < -0.39 is 29.2 Å². The van der Waals surface area contributed by atoms with Crippen molar-refractivity contribution in [3.8, 4) is 5.69 Å². The molecule has 12 nitrogen and oxygen atoms in total. The van der Waals surface area contributed by atoms with E-state index in [1.54, 1.807) is 12.1 Å². The van der Waals surface area contributed by atoms with Crippen LogP contribution >= 0.6 is 11.6 Å². The smallest absolute Gasteiger partial charge is 0.297 e. The molecular weight excluding hydrogens is 666 g/mol. The van der Waals surface area contributed by atoms with Crippen molar-refractivity contribution in [2.75, 3.05) is 13.6 Å². The number of nitrogens with zero attached hydrogens (tertiary/aromatic N) is 7. The molecule has 3 atom stereocenters. The number of nitrogens with one attached hydrogen (secondary N) is 2. The van der Waals surface area contributed by atoms with E-state index in [1.807, 2.05) is 25.3 Å². The van der Waals surface area contributed by atoms with Crippen LogP contribution in [-0.2, 0) is 9.59 Å². The first-order valence-electron chi connectivity index (χ1n) is 17.1. The van der Waals surface area contributed by atoms with E-state index >= 15 is 0 Å². The van der Waals surface area contributed by atoms with Crippen LogP contribution in [0, 0.1) is 16.7 Å². The van der Waals surface area contributed by atoms with Gasteiger partial charge in [0, 0.05) is 31.1 Å². The van der Waals surface area contributed by atoms with E-state index in [4.69, 9.17) is 27.4 Å². The standard InChI is InChI=1S/C35H51ClF2N10O2/c1-8-9-16-34(5,20-43-48(40-7)25-13-14-25)35(6,19-33(2,3)4)45-32(39)46(22-49)28(18-41-31(50)23-10-11-23)24-12-15-26(36)27(17-24)47-30(29(37)38)42-21-44-47/h9,12,15-17,20-23,25,28-29,40H,8,10-11,13-14,18-19H2,1-7H3,(H2,39,45)(H,41,50)/b16-9-,43-20-/t28-,34?,35-/m1/s1. The lowest BCUT2D eigenvalue weighted by Crippen LogP contribution is -2.50. The number of aromatic nitrogens is 3. The normalized spacial score (nSPS) is 18.7.